The predicted molar refractivity (Wildman–Crippen MR) is 131 cm³/mol. The van der Waals surface area contributed by atoms with Gasteiger partial charge in [-0.15, -0.1) is 0 Å². The van der Waals surface area contributed by atoms with Gasteiger partial charge in [-0.3, -0.25) is 4.79 Å². The normalized spacial score (nSPS) is 14.2. The monoisotopic (exact) mass is 572 g/mol. The molecule has 0 radical (unpaired) electrons. The number of halogens is 3. The Balaban J connectivity index is 1.78. The average Bonchev–Trinajstić information content (AvgIpc) is 2.76. The number of carbonyl (C=O) groups is 2. The van der Waals surface area contributed by atoms with Crippen molar-refractivity contribution in [3.63, 3.8) is 0 Å². The number of benzene rings is 2. The molecule has 0 aromatic heterocycles. The summed E-state index contributed by atoms with van der Waals surface area (Å²) in [4.78, 5) is 28.3. The average molecular weight is 572 g/mol. The number of carbonyl (C=O) groups excluding carboxylic acids is 2. The van der Waals surface area contributed by atoms with Crippen LogP contribution in [0.1, 0.15) is 37.0 Å². The number of urea groups is 1. The van der Waals surface area contributed by atoms with E-state index in [1.165, 1.54) is 12.1 Å². The third-order valence-corrected chi connectivity index (χ3v) is 6.22. The lowest BCUT2D eigenvalue weighted by Crippen LogP contribution is -2.48. The van der Waals surface area contributed by atoms with Gasteiger partial charge in [0.05, 0.1) is 11.4 Å². The van der Waals surface area contributed by atoms with Crippen molar-refractivity contribution in [3.8, 4) is 5.75 Å². The van der Waals surface area contributed by atoms with Gasteiger partial charge in [-0.1, -0.05) is 0 Å². The molecular formula is C23H27F2IN4O3. The lowest BCUT2D eigenvalue weighted by atomic mass is 10.1. The zero-order chi connectivity index (χ0) is 24.1. The molecule has 0 atom stereocenters. The number of likely N-dealkylation sites (tertiary alicyclic amines) is 1. The fourth-order valence-corrected chi connectivity index (χ4v) is 4.26. The summed E-state index contributed by atoms with van der Waals surface area (Å²) in [6.45, 7) is 6.10. The van der Waals surface area contributed by atoms with Gasteiger partial charge in [-0.2, -0.15) is 0 Å². The van der Waals surface area contributed by atoms with E-state index in [0.29, 0.717) is 42.6 Å². The minimum Gasteiger partial charge on any atom is -0.489 e. The largest absolute Gasteiger partial charge is 0.489 e. The molecular weight excluding hydrogens is 545 g/mol. The first-order chi connectivity index (χ1) is 15.7. The molecule has 2 aromatic carbocycles. The molecule has 0 bridgehead atoms. The number of nitrogens with zero attached hydrogens (tertiary/aromatic N) is 2. The minimum atomic E-state index is -0.826. The lowest BCUT2D eigenvalue weighted by Gasteiger charge is -2.35. The van der Waals surface area contributed by atoms with Gasteiger partial charge in [0.2, 0.25) is 0 Å². The van der Waals surface area contributed by atoms with Gasteiger partial charge in [-0.25, -0.2) is 13.6 Å². The van der Waals surface area contributed by atoms with Crippen LogP contribution in [0.3, 0.4) is 0 Å². The molecule has 1 heterocycles. The number of piperidine rings is 1. The molecule has 178 valence electrons. The Labute approximate surface area is 205 Å². The minimum absolute atomic E-state index is 0.00978. The van der Waals surface area contributed by atoms with Crippen LogP contribution in [-0.4, -0.2) is 54.0 Å². The number of rotatable bonds is 7. The van der Waals surface area contributed by atoms with Gasteiger partial charge in [0.1, 0.15) is 29.1 Å². The SMILES string of the molecule is CCN(CC)C(=O)N1CCC(Oc2cc(F)cc(Nc3ccc(I)cc3F)c2C(N)=O)CC1. The molecule has 0 saturated carbocycles. The molecule has 1 fully saturated rings. The van der Waals surface area contributed by atoms with Gasteiger partial charge in [0.25, 0.3) is 5.91 Å². The topological polar surface area (TPSA) is 87.9 Å². The molecule has 33 heavy (non-hydrogen) atoms. The zero-order valence-electron chi connectivity index (χ0n) is 18.5. The van der Waals surface area contributed by atoms with E-state index in [2.05, 4.69) is 5.32 Å². The van der Waals surface area contributed by atoms with Gasteiger partial charge >= 0.3 is 6.03 Å². The number of hydrogen-bond acceptors (Lipinski definition) is 4. The molecule has 1 saturated heterocycles. The Bertz CT molecular complexity index is 1030. The maximum Gasteiger partial charge on any atom is 0.319 e. The fourth-order valence-electron chi connectivity index (χ4n) is 3.80. The van der Waals surface area contributed by atoms with E-state index in [0.717, 1.165) is 12.1 Å². The van der Waals surface area contributed by atoms with Crippen molar-refractivity contribution in [3.05, 3.63) is 51.1 Å². The summed E-state index contributed by atoms with van der Waals surface area (Å²) in [5.41, 5.74) is 5.62. The molecule has 3 N–H and O–H groups in total. The summed E-state index contributed by atoms with van der Waals surface area (Å²) in [5, 5.41) is 2.76. The molecule has 2 aromatic rings. The van der Waals surface area contributed by atoms with Crippen molar-refractivity contribution in [2.75, 3.05) is 31.5 Å². The number of ether oxygens (including phenoxy) is 1. The Hall–Kier alpha value is -2.63. The smallest absolute Gasteiger partial charge is 0.319 e. The summed E-state index contributed by atoms with van der Waals surface area (Å²) in [7, 11) is 0. The number of anilines is 2. The van der Waals surface area contributed by atoms with E-state index in [1.54, 1.807) is 15.9 Å². The third-order valence-electron chi connectivity index (χ3n) is 5.55. The number of primary amides is 1. The molecule has 10 heteroatoms. The van der Waals surface area contributed by atoms with Crippen LogP contribution in [0, 0.1) is 15.2 Å². The maximum atomic E-state index is 14.4. The summed E-state index contributed by atoms with van der Waals surface area (Å²) in [5.74, 6) is -2.04. The van der Waals surface area contributed by atoms with E-state index in [-0.39, 0.29) is 34.8 Å². The highest BCUT2D eigenvalue weighted by molar-refractivity contribution is 14.1. The van der Waals surface area contributed by atoms with Crippen molar-refractivity contribution in [1.82, 2.24) is 9.80 Å². The number of amides is 3. The quantitative estimate of drug-likeness (QED) is 0.471. The number of nitrogens with two attached hydrogens (primary N) is 1. The second-order valence-corrected chi connectivity index (χ2v) is 8.94. The first-order valence-corrected chi connectivity index (χ1v) is 11.9. The summed E-state index contributed by atoms with van der Waals surface area (Å²) in [6, 6.07) is 6.65. The first kappa shape index (κ1) is 25.0. The second-order valence-electron chi connectivity index (χ2n) is 7.70. The highest BCUT2D eigenvalue weighted by atomic mass is 127. The lowest BCUT2D eigenvalue weighted by molar-refractivity contribution is 0.0924. The zero-order valence-corrected chi connectivity index (χ0v) is 20.7. The standard InChI is InChI=1S/C23H27F2IN4O3/c1-3-29(4-2)23(32)30-9-7-16(8-10-30)33-20-12-14(24)11-19(21(20)22(27)31)28-18-6-5-15(26)13-17(18)25/h5-6,11-13,16,28H,3-4,7-10H2,1-2H3,(H2,27,31). The van der Waals surface area contributed by atoms with Crippen molar-refractivity contribution in [1.29, 1.82) is 0 Å². The van der Waals surface area contributed by atoms with Crippen LogP contribution < -0.4 is 15.8 Å². The van der Waals surface area contributed by atoms with Crippen molar-refractivity contribution < 1.29 is 23.1 Å². The Kier molecular flexibility index (Phi) is 8.33. The van der Waals surface area contributed by atoms with Gasteiger partial charge in [-0.05, 0) is 60.7 Å². The second kappa shape index (κ2) is 11.0. The summed E-state index contributed by atoms with van der Waals surface area (Å²) < 4.78 is 35.4. The highest BCUT2D eigenvalue weighted by Gasteiger charge is 2.28. The van der Waals surface area contributed by atoms with Crippen LogP contribution in [0.2, 0.25) is 0 Å². The van der Waals surface area contributed by atoms with Gasteiger partial charge in [0.15, 0.2) is 0 Å². The third kappa shape index (κ3) is 6.04. The highest BCUT2D eigenvalue weighted by Crippen LogP contribution is 2.33. The summed E-state index contributed by atoms with van der Waals surface area (Å²) >= 11 is 1.98. The summed E-state index contributed by atoms with van der Waals surface area (Å²) in [6.07, 6.45) is 0.723. The Morgan fingerprint density at radius 2 is 1.82 bits per heavy atom. The molecule has 0 spiro atoms. The molecule has 3 amide bonds. The van der Waals surface area contributed by atoms with Crippen LogP contribution in [0.4, 0.5) is 25.0 Å². The van der Waals surface area contributed by atoms with Crippen LogP contribution in [0.25, 0.3) is 0 Å². The molecule has 0 aliphatic carbocycles. The van der Waals surface area contributed by atoms with E-state index in [9.17, 15) is 18.4 Å². The van der Waals surface area contributed by atoms with Crippen LogP contribution >= 0.6 is 22.6 Å². The van der Waals surface area contributed by atoms with E-state index in [4.69, 9.17) is 10.5 Å². The van der Waals surface area contributed by atoms with Gasteiger partial charge < -0.3 is 25.6 Å². The maximum absolute atomic E-state index is 14.4. The van der Waals surface area contributed by atoms with Crippen LogP contribution in [0.5, 0.6) is 5.75 Å². The number of hydrogen-bond donors (Lipinski definition) is 2. The molecule has 0 unspecified atom stereocenters. The van der Waals surface area contributed by atoms with E-state index in [1.807, 2.05) is 36.4 Å². The van der Waals surface area contributed by atoms with Crippen molar-refractivity contribution in [2.45, 2.75) is 32.8 Å². The van der Waals surface area contributed by atoms with Crippen LogP contribution in [-0.2, 0) is 0 Å². The van der Waals surface area contributed by atoms with E-state index < -0.39 is 17.5 Å². The number of nitrogens with one attached hydrogen (secondary N) is 1. The fraction of sp³-hybridized carbons (Fsp3) is 0.391. The molecule has 7 nitrogen and oxygen atoms in total. The first-order valence-electron chi connectivity index (χ1n) is 10.8. The molecule has 3 rings (SSSR count). The predicted octanol–water partition coefficient (Wildman–Crippen LogP) is 4.72. The van der Waals surface area contributed by atoms with Crippen molar-refractivity contribution >= 4 is 45.9 Å². The molecule has 1 aliphatic rings. The van der Waals surface area contributed by atoms with E-state index >= 15 is 0 Å². The Morgan fingerprint density at radius 3 is 2.39 bits per heavy atom. The Morgan fingerprint density at radius 1 is 1.15 bits per heavy atom. The van der Waals surface area contributed by atoms with Crippen molar-refractivity contribution in [2.24, 2.45) is 5.73 Å². The van der Waals surface area contributed by atoms with Gasteiger partial charge in [0, 0.05) is 48.7 Å². The molecule has 1 aliphatic heterocycles. The van der Waals surface area contributed by atoms with Crippen LogP contribution in [0.15, 0.2) is 30.3 Å².